The van der Waals surface area contributed by atoms with Crippen LogP contribution in [0.3, 0.4) is 0 Å². The van der Waals surface area contributed by atoms with Crippen LogP contribution in [0.15, 0.2) is 48.5 Å². The van der Waals surface area contributed by atoms with E-state index in [2.05, 4.69) is 9.97 Å². The molecule has 0 unspecified atom stereocenters. The minimum absolute atomic E-state index is 0.278. The van der Waals surface area contributed by atoms with Gasteiger partial charge in [0.2, 0.25) is 0 Å². The molecule has 26 heavy (non-hydrogen) atoms. The molecule has 0 amide bonds. The van der Waals surface area contributed by atoms with Gasteiger partial charge in [-0.05, 0) is 26.0 Å². The van der Waals surface area contributed by atoms with Crippen LogP contribution >= 0.6 is 0 Å². The second kappa shape index (κ2) is 6.40. The fraction of sp³-hybridized carbons (Fsp3) is 0.200. The third-order valence-electron chi connectivity index (χ3n) is 4.28. The van der Waals surface area contributed by atoms with Crippen LogP contribution < -0.4 is 11.5 Å². The number of aromatic nitrogens is 4. The molecule has 2 heterocycles. The molecule has 0 aliphatic heterocycles. The minimum Gasteiger partial charge on any atom is -0.322 e. The largest absolute Gasteiger partial charge is 0.322 e. The Morgan fingerprint density at radius 1 is 0.615 bits per heavy atom. The maximum absolute atomic E-state index is 6.06. The number of nitrogens with zero attached hydrogens (tertiary/aromatic N) is 4. The highest BCUT2D eigenvalue weighted by atomic mass is 15.0. The van der Waals surface area contributed by atoms with Crippen molar-refractivity contribution in [3.8, 4) is 11.4 Å². The van der Waals surface area contributed by atoms with Crippen molar-refractivity contribution in [1.29, 1.82) is 0 Å². The zero-order valence-corrected chi connectivity index (χ0v) is 14.7. The molecule has 2 aromatic carbocycles. The number of para-hydroxylation sites is 2. The summed E-state index contributed by atoms with van der Waals surface area (Å²) >= 11 is 0. The van der Waals surface area contributed by atoms with Gasteiger partial charge < -0.3 is 11.5 Å². The van der Waals surface area contributed by atoms with Crippen LogP contribution in [-0.4, -0.2) is 19.9 Å². The third-order valence-corrected chi connectivity index (χ3v) is 4.28. The predicted molar refractivity (Wildman–Crippen MR) is 103 cm³/mol. The summed E-state index contributed by atoms with van der Waals surface area (Å²) in [5.41, 5.74) is 15.3. The lowest BCUT2D eigenvalue weighted by Crippen LogP contribution is -2.13. The fourth-order valence-electron chi connectivity index (χ4n) is 2.96. The van der Waals surface area contributed by atoms with Gasteiger partial charge in [0.15, 0.2) is 0 Å². The first kappa shape index (κ1) is 16.5. The first-order valence-electron chi connectivity index (χ1n) is 8.59. The SMILES string of the molecule is C[C@H](N)c1nc(-c2nc([C@H](C)N)nc3ccccc23)c2ccccc2n1. The molecule has 0 spiro atoms. The van der Waals surface area contributed by atoms with E-state index in [1.165, 1.54) is 0 Å². The van der Waals surface area contributed by atoms with Gasteiger partial charge in [-0.25, -0.2) is 19.9 Å². The van der Waals surface area contributed by atoms with Crippen LogP contribution in [0.25, 0.3) is 33.2 Å². The highest BCUT2D eigenvalue weighted by Crippen LogP contribution is 2.31. The molecule has 6 heteroatoms. The van der Waals surface area contributed by atoms with Crippen LogP contribution in [-0.2, 0) is 0 Å². The molecular weight excluding hydrogens is 324 g/mol. The Morgan fingerprint density at radius 2 is 1.00 bits per heavy atom. The maximum atomic E-state index is 6.06. The smallest absolute Gasteiger partial charge is 0.146 e. The Morgan fingerprint density at radius 3 is 1.38 bits per heavy atom. The minimum atomic E-state index is -0.278. The van der Waals surface area contributed by atoms with Crippen molar-refractivity contribution in [1.82, 2.24) is 19.9 Å². The van der Waals surface area contributed by atoms with Gasteiger partial charge in [-0.3, -0.25) is 0 Å². The molecule has 0 fully saturated rings. The molecule has 0 aliphatic carbocycles. The van der Waals surface area contributed by atoms with Crippen LogP contribution in [0, 0.1) is 0 Å². The van der Waals surface area contributed by atoms with E-state index in [0.29, 0.717) is 11.6 Å². The van der Waals surface area contributed by atoms with Crippen molar-refractivity contribution in [2.75, 3.05) is 0 Å². The summed E-state index contributed by atoms with van der Waals surface area (Å²) in [6.07, 6.45) is 0. The van der Waals surface area contributed by atoms with Gasteiger partial charge in [0.05, 0.1) is 23.1 Å². The molecule has 4 rings (SSSR count). The van der Waals surface area contributed by atoms with Crippen molar-refractivity contribution in [3.63, 3.8) is 0 Å². The highest BCUT2D eigenvalue weighted by molar-refractivity contribution is 6.00. The van der Waals surface area contributed by atoms with E-state index in [1.54, 1.807) is 0 Å². The number of fused-ring (bicyclic) bond motifs is 2. The summed E-state index contributed by atoms with van der Waals surface area (Å²) in [7, 11) is 0. The van der Waals surface area contributed by atoms with Gasteiger partial charge in [-0.1, -0.05) is 36.4 Å². The van der Waals surface area contributed by atoms with Gasteiger partial charge in [0.25, 0.3) is 0 Å². The van der Waals surface area contributed by atoms with Gasteiger partial charge >= 0.3 is 0 Å². The second-order valence-corrected chi connectivity index (χ2v) is 6.47. The molecule has 2 aromatic heterocycles. The van der Waals surface area contributed by atoms with Gasteiger partial charge in [0.1, 0.15) is 23.0 Å². The molecule has 130 valence electrons. The van der Waals surface area contributed by atoms with E-state index in [4.69, 9.17) is 21.4 Å². The van der Waals surface area contributed by atoms with Crippen molar-refractivity contribution < 1.29 is 0 Å². The van der Waals surface area contributed by atoms with Crippen molar-refractivity contribution in [3.05, 3.63) is 60.2 Å². The number of benzene rings is 2. The zero-order valence-electron chi connectivity index (χ0n) is 14.7. The summed E-state index contributed by atoms with van der Waals surface area (Å²) in [5, 5.41) is 1.85. The van der Waals surface area contributed by atoms with E-state index >= 15 is 0 Å². The van der Waals surface area contributed by atoms with Gasteiger partial charge in [-0.2, -0.15) is 0 Å². The lowest BCUT2D eigenvalue weighted by atomic mass is 10.1. The summed E-state index contributed by atoms with van der Waals surface area (Å²) in [6, 6.07) is 15.2. The molecule has 0 radical (unpaired) electrons. The summed E-state index contributed by atoms with van der Waals surface area (Å²) < 4.78 is 0. The lowest BCUT2D eigenvalue weighted by molar-refractivity contribution is 0.741. The molecular formula is C20H20N6. The lowest BCUT2D eigenvalue weighted by Gasteiger charge is -2.14. The molecule has 6 nitrogen and oxygen atoms in total. The molecule has 0 saturated heterocycles. The highest BCUT2D eigenvalue weighted by Gasteiger charge is 2.18. The van der Waals surface area contributed by atoms with E-state index in [1.807, 2.05) is 62.4 Å². The number of nitrogens with two attached hydrogens (primary N) is 2. The van der Waals surface area contributed by atoms with Crippen LogP contribution in [0.1, 0.15) is 37.6 Å². The Bertz CT molecular complexity index is 1010. The standard InChI is InChI=1S/C20H20N6/c1-11(21)19-23-15-9-5-3-7-13(15)17(25-19)18-14-8-4-6-10-16(14)24-20(26-18)12(2)22/h3-12H,21-22H2,1-2H3/t11-,12-/m0/s1. The number of hydrogen-bond acceptors (Lipinski definition) is 6. The normalized spacial score (nSPS) is 13.8. The molecule has 0 aliphatic rings. The number of hydrogen-bond donors (Lipinski definition) is 2. The van der Waals surface area contributed by atoms with E-state index < -0.39 is 0 Å². The monoisotopic (exact) mass is 344 g/mol. The first-order chi connectivity index (χ1) is 12.5. The molecule has 2 atom stereocenters. The average Bonchev–Trinajstić information content (AvgIpc) is 2.66. The molecule has 4 aromatic rings. The van der Waals surface area contributed by atoms with Gasteiger partial charge in [0, 0.05) is 10.8 Å². The molecule has 0 saturated carbocycles. The Kier molecular flexibility index (Phi) is 4.06. The molecule has 0 bridgehead atoms. The predicted octanol–water partition coefficient (Wildman–Crippen LogP) is 3.28. The zero-order chi connectivity index (χ0) is 18.3. The summed E-state index contributed by atoms with van der Waals surface area (Å²) in [5.74, 6) is 1.17. The molecule has 4 N–H and O–H groups in total. The maximum Gasteiger partial charge on any atom is 0.146 e. The quantitative estimate of drug-likeness (QED) is 0.591. The first-order valence-corrected chi connectivity index (χ1v) is 8.59. The summed E-state index contributed by atoms with van der Waals surface area (Å²) in [6.45, 7) is 3.75. The topological polar surface area (TPSA) is 104 Å². The Labute approximate surface area is 151 Å². The fourth-order valence-corrected chi connectivity index (χ4v) is 2.96. The average molecular weight is 344 g/mol. The number of rotatable bonds is 3. The van der Waals surface area contributed by atoms with Crippen LogP contribution in [0.4, 0.5) is 0 Å². The van der Waals surface area contributed by atoms with Crippen molar-refractivity contribution in [2.45, 2.75) is 25.9 Å². The summed E-state index contributed by atoms with van der Waals surface area (Å²) in [4.78, 5) is 18.7. The van der Waals surface area contributed by atoms with Crippen LogP contribution in [0.5, 0.6) is 0 Å². The Balaban J connectivity index is 2.12. The van der Waals surface area contributed by atoms with Crippen LogP contribution in [0.2, 0.25) is 0 Å². The third kappa shape index (κ3) is 2.79. The van der Waals surface area contributed by atoms with Crippen molar-refractivity contribution in [2.24, 2.45) is 11.5 Å². The Hall–Kier alpha value is -2.96. The van der Waals surface area contributed by atoms with E-state index in [-0.39, 0.29) is 12.1 Å². The second-order valence-electron chi connectivity index (χ2n) is 6.47. The van der Waals surface area contributed by atoms with E-state index in [9.17, 15) is 0 Å². The van der Waals surface area contributed by atoms with E-state index in [0.717, 1.165) is 33.2 Å². The van der Waals surface area contributed by atoms with Crippen molar-refractivity contribution >= 4 is 21.8 Å². The van der Waals surface area contributed by atoms with Gasteiger partial charge in [-0.15, -0.1) is 0 Å².